The largest absolute Gasteiger partial charge is 0.392 e. The van der Waals surface area contributed by atoms with Gasteiger partial charge in [0.05, 0.1) is 45.2 Å². The molecule has 8 fully saturated rings. The molecule has 4 aromatic carbocycles. The molecule has 10 aliphatic rings. The summed E-state index contributed by atoms with van der Waals surface area (Å²) in [6, 6.07) is 28.7. The first-order chi connectivity index (χ1) is 30.5. The monoisotopic (exact) mass is 976 g/mol. The molecule has 2 spiro atoms. The molecule has 2 N–H and O–H groups in total. The number of piperazine rings is 2. The molecule has 1 unspecified atom stereocenters. The molecule has 16 nitrogen and oxygen atoms in total. The Labute approximate surface area is 383 Å². The van der Waals surface area contributed by atoms with Gasteiger partial charge in [-0.25, -0.2) is 25.4 Å². The van der Waals surface area contributed by atoms with Crippen molar-refractivity contribution in [3.63, 3.8) is 0 Å². The third-order valence-electron chi connectivity index (χ3n) is 14.8. The van der Waals surface area contributed by atoms with Crippen molar-refractivity contribution < 1.29 is 46.2 Å². The molecule has 0 radical (unpaired) electrons. The fraction of sp³-hybridized carbons (Fsp3) is 0.333. The highest BCUT2D eigenvalue weighted by atomic mass is 33.1. The molecule has 14 rings (SSSR count). The molecule has 4 bridgehead atoms. The SMILES string of the molecule is CN1C(=O)[C@@]23CC4([C@]56C[C@@]78SS[C@](CO)(C(=O)N7[C@H]5N(S(=O)(=O)c5ccccc5)c5ccccc56)N(C)C8=O)c5ccccc5N(S(=O)(=O)c5ccccc5)[C@@H]4N2C(=O)[C@@]1(CO)SS3. The lowest BCUT2D eigenvalue weighted by Crippen LogP contribution is -2.78. The van der Waals surface area contributed by atoms with Crippen molar-refractivity contribution in [2.45, 2.75) is 65.3 Å². The molecule has 8 atom stereocenters. The zero-order valence-corrected chi connectivity index (χ0v) is 38.6. The third-order valence-corrected chi connectivity index (χ3v) is 25.6. The summed E-state index contributed by atoms with van der Waals surface area (Å²) >= 11 is 0. The highest BCUT2D eigenvalue weighted by Gasteiger charge is 2.90. The summed E-state index contributed by atoms with van der Waals surface area (Å²) in [5.74, 6) is -2.61. The van der Waals surface area contributed by atoms with E-state index in [9.17, 15) is 10.2 Å². The van der Waals surface area contributed by atoms with Crippen LogP contribution in [0.15, 0.2) is 119 Å². The van der Waals surface area contributed by atoms with E-state index in [1.165, 1.54) is 58.0 Å². The van der Waals surface area contributed by atoms with Gasteiger partial charge in [-0.2, -0.15) is 0 Å². The quantitative estimate of drug-likeness (QED) is 0.257. The molecule has 64 heavy (non-hydrogen) atoms. The van der Waals surface area contributed by atoms with E-state index in [0.717, 1.165) is 51.8 Å². The molecule has 10 aliphatic heterocycles. The van der Waals surface area contributed by atoms with Gasteiger partial charge in [-0.1, -0.05) is 94.4 Å². The first kappa shape index (κ1) is 41.0. The Bertz CT molecular complexity index is 2840. The number of aliphatic hydroxyl groups is 2. The van der Waals surface area contributed by atoms with E-state index < -0.39 is 99.5 Å². The molecule has 10 heterocycles. The summed E-state index contributed by atoms with van der Waals surface area (Å²) in [7, 11) is -2.44. The summed E-state index contributed by atoms with van der Waals surface area (Å²) in [6.07, 6.45) is -3.88. The third kappa shape index (κ3) is 4.16. The zero-order chi connectivity index (χ0) is 44.8. The van der Waals surface area contributed by atoms with E-state index >= 15 is 36.0 Å². The van der Waals surface area contributed by atoms with Gasteiger partial charge < -0.3 is 20.0 Å². The molecule has 0 saturated carbocycles. The number of carbonyl (C=O) groups is 4. The smallest absolute Gasteiger partial charge is 0.266 e. The predicted octanol–water partition coefficient (Wildman–Crippen LogP) is 2.90. The predicted molar refractivity (Wildman–Crippen MR) is 240 cm³/mol. The lowest BCUT2D eigenvalue weighted by atomic mass is 9.54. The summed E-state index contributed by atoms with van der Waals surface area (Å²) in [5, 5.41) is 22.2. The van der Waals surface area contributed by atoms with Gasteiger partial charge in [-0.15, -0.1) is 0 Å². The van der Waals surface area contributed by atoms with Gasteiger partial charge in [0, 0.05) is 26.9 Å². The molecule has 4 amide bonds. The second-order valence-corrected chi connectivity index (χ2v) is 26.2. The van der Waals surface area contributed by atoms with Crippen LogP contribution < -0.4 is 8.61 Å². The van der Waals surface area contributed by atoms with Gasteiger partial charge in [0.1, 0.15) is 12.3 Å². The minimum atomic E-state index is -4.70. The topological polar surface area (TPSA) is 196 Å². The maximum Gasteiger partial charge on any atom is 0.266 e. The second kappa shape index (κ2) is 12.7. The average Bonchev–Trinajstić information content (AvgIpc) is 3.99. The number of fused-ring (bicyclic) bond motifs is 11. The number of rotatable bonds is 7. The van der Waals surface area contributed by atoms with Gasteiger partial charge >= 0.3 is 0 Å². The number of amides is 4. The standard InChI is InChI=1S/C42H36N6O10S6/c1-43-33(51)39-21-37(27-17-9-11-19-29(27)47(63(55,56)25-13-5-3-6-14-25)31(37)45(39)35(53)41(43,23-49)61-59-39)38-22-40-34(52)44(2)42(24-50,62-60-40)36(54)46(40)32(38)48(30-20-12-10-18-28(30)38)64(57,58)26-15-7-4-8-16-26/h3-20,31-32,49-50H,21-24H2,1-2H3/t31-,32-,37-,38?,39-,40-,41+,42+/m0/s1. The number of aliphatic hydroxyl groups excluding tert-OH is 2. The number of benzene rings is 4. The number of hydrogen-bond acceptors (Lipinski definition) is 14. The van der Waals surface area contributed by atoms with Crippen LogP contribution >= 0.6 is 43.2 Å². The molecule has 8 saturated heterocycles. The van der Waals surface area contributed by atoms with E-state index in [1.54, 1.807) is 84.9 Å². The first-order valence-electron chi connectivity index (χ1n) is 20.1. The van der Waals surface area contributed by atoms with Crippen LogP contribution in [0.3, 0.4) is 0 Å². The average molecular weight is 977 g/mol. The molecular weight excluding hydrogens is 941 g/mol. The van der Waals surface area contributed by atoms with Gasteiger partial charge in [0.25, 0.3) is 43.7 Å². The van der Waals surface area contributed by atoms with E-state index in [0.29, 0.717) is 11.1 Å². The minimum absolute atomic E-state index is 0.127. The second-order valence-electron chi connectivity index (χ2n) is 17.2. The molecule has 330 valence electrons. The maximum atomic E-state index is 15.7. The number of sulfonamides is 2. The number of para-hydroxylation sites is 2. The van der Waals surface area contributed by atoms with Gasteiger partial charge in [-0.05, 0) is 69.1 Å². The Hall–Kier alpha value is -4.42. The number of nitrogens with zero attached hydrogens (tertiary/aromatic N) is 6. The van der Waals surface area contributed by atoms with Crippen molar-refractivity contribution >= 4 is 98.2 Å². The van der Waals surface area contributed by atoms with Crippen LogP contribution in [0.2, 0.25) is 0 Å². The highest BCUT2D eigenvalue weighted by Crippen LogP contribution is 2.80. The lowest BCUT2D eigenvalue weighted by Gasteiger charge is -2.58. The Kier molecular flexibility index (Phi) is 8.16. The lowest BCUT2D eigenvalue weighted by molar-refractivity contribution is -0.167. The van der Waals surface area contributed by atoms with Gasteiger partial charge in [0.15, 0.2) is 9.74 Å². The highest BCUT2D eigenvalue weighted by molar-refractivity contribution is 8.78. The van der Waals surface area contributed by atoms with Crippen LogP contribution in [0.1, 0.15) is 24.0 Å². The molecule has 22 heteroatoms. The summed E-state index contributed by atoms with van der Waals surface area (Å²) in [4.78, 5) is 59.2. The van der Waals surface area contributed by atoms with E-state index in [1.807, 2.05) is 0 Å². The zero-order valence-electron chi connectivity index (χ0n) is 33.7. The maximum absolute atomic E-state index is 15.7. The van der Waals surface area contributed by atoms with Crippen molar-refractivity contribution in [1.82, 2.24) is 19.6 Å². The van der Waals surface area contributed by atoms with Crippen LogP contribution in [0.25, 0.3) is 0 Å². The van der Waals surface area contributed by atoms with Crippen LogP contribution in [-0.2, 0) is 50.1 Å². The molecule has 0 aromatic heterocycles. The number of likely N-dealkylation sites (N-methyl/N-ethyl adjacent to an activating group) is 2. The minimum Gasteiger partial charge on any atom is -0.392 e. The first-order valence-corrected chi connectivity index (χ1v) is 27.3. The summed E-state index contributed by atoms with van der Waals surface area (Å²) in [6.45, 7) is -1.61. The fourth-order valence-electron chi connectivity index (χ4n) is 12.1. The van der Waals surface area contributed by atoms with Crippen LogP contribution in [0.4, 0.5) is 11.4 Å². The summed E-state index contributed by atoms with van der Waals surface area (Å²) < 4.78 is 65.1. The van der Waals surface area contributed by atoms with Gasteiger partial charge in [-0.3, -0.25) is 29.0 Å². The van der Waals surface area contributed by atoms with Crippen molar-refractivity contribution in [3.8, 4) is 0 Å². The fourth-order valence-corrected chi connectivity index (χ4v) is 22.7. The van der Waals surface area contributed by atoms with Crippen molar-refractivity contribution in [1.29, 1.82) is 0 Å². The molecule has 0 aliphatic carbocycles. The summed E-state index contributed by atoms with van der Waals surface area (Å²) in [5.41, 5.74) is -2.67. The van der Waals surface area contributed by atoms with Crippen molar-refractivity contribution in [3.05, 3.63) is 120 Å². The van der Waals surface area contributed by atoms with E-state index in [-0.39, 0.29) is 34.0 Å². The Morgan fingerprint density at radius 3 is 1.22 bits per heavy atom. The Morgan fingerprint density at radius 1 is 0.516 bits per heavy atom. The normalized spacial score (nSPS) is 35.5. The van der Waals surface area contributed by atoms with Crippen molar-refractivity contribution in [2.75, 3.05) is 35.9 Å². The number of anilines is 2. The van der Waals surface area contributed by atoms with Crippen LogP contribution in [0.5, 0.6) is 0 Å². The van der Waals surface area contributed by atoms with Crippen LogP contribution in [0, 0.1) is 0 Å². The number of carbonyl (C=O) groups excluding carboxylic acids is 4. The Morgan fingerprint density at radius 2 is 0.859 bits per heavy atom. The van der Waals surface area contributed by atoms with Crippen LogP contribution in [-0.4, -0.2) is 129 Å². The molecule has 4 aromatic rings. The number of hydrogen-bond donors (Lipinski definition) is 2. The Balaban J connectivity index is 1.25. The van der Waals surface area contributed by atoms with Gasteiger partial charge in [0.2, 0.25) is 9.74 Å². The molecular formula is C42H36N6O10S6. The van der Waals surface area contributed by atoms with E-state index in [2.05, 4.69) is 0 Å². The van der Waals surface area contributed by atoms with Crippen molar-refractivity contribution in [2.24, 2.45) is 0 Å². The van der Waals surface area contributed by atoms with E-state index in [4.69, 9.17) is 0 Å².